The lowest BCUT2D eigenvalue weighted by Gasteiger charge is -2.22. The van der Waals surface area contributed by atoms with Crippen LogP contribution < -0.4 is 16.0 Å². The second-order valence-corrected chi connectivity index (χ2v) is 11.1. The molecule has 1 heterocycles. The van der Waals surface area contributed by atoms with Crippen LogP contribution in [0.5, 0.6) is 0 Å². The quantitative estimate of drug-likeness (QED) is 0.138. The highest BCUT2D eigenvalue weighted by Gasteiger charge is 2.31. The van der Waals surface area contributed by atoms with Crippen LogP contribution >= 0.6 is 0 Å². The number of nitrogens with zero attached hydrogens (tertiary/aromatic N) is 2. The van der Waals surface area contributed by atoms with Gasteiger partial charge in [-0.3, -0.25) is 29.0 Å². The molecular weight excluding hydrogens is 570 g/mol. The highest BCUT2D eigenvalue weighted by molar-refractivity contribution is 6.38. The minimum absolute atomic E-state index is 0.0875. The largest absolute Gasteiger partial charge is 0.354 e. The summed E-state index contributed by atoms with van der Waals surface area (Å²) >= 11 is 0. The van der Waals surface area contributed by atoms with Gasteiger partial charge >= 0.3 is 0 Å². The summed E-state index contributed by atoms with van der Waals surface area (Å²) < 4.78 is 0. The monoisotopic (exact) mass is 607 g/mol. The smallest absolute Gasteiger partial charge is 0.289 e. The van der Waals surface area contributed by atoms with E-state index in [4.69, 9.17) is 0 Å². The van der Waals surface area contributed by atoms with Gasteiger partial charge < -0.3 is 16.0 Å². The number of amides is 3. The molecule has 3 N–H and O–H groups in total. The van der Waals surface area contributed by atoms with Gasteiger partial charge in [-0.25, -0.2) is 4.98 Å². The van der Waals surface area contributed by atoms with E-state index >= 15 is 0 Å². The molecule has 0 saturated heterocycles. The minimum Gasteiger partial charge on any atom is -0.354 e. The normalized spacial score (nSPS) is 12.2. The molecule has 0 fully saturated rings. The summed E-state index contributed by atoms with van der Waals surface area (Å²) in [5.41, 5.74) is 2.93. The predicted octanol–water partition coefficient (Wildman–Crippen LogP) is 3.74. The summed E-state index contributed by atoms with van der Waals surface area (Å²) in [5, 5.41) is 8.05. The maximum absolute atomic E-state index is 13.8. The van der Waals surface area contributed by atoms with Crippen molar-refractivity contribution in [2.75, 3.05) is 0 Å². The van der Waals surface area contributed by atoms with Crippen LogP contribution in [0.25, 0.3) is 11.0 Å². The third-order valence-corrected chi connectivity index (χ3v) is 7.12. The maximum atomic E-state index is 13.8. The van der Waals surface area contributed by atoms with Crippen LogP contribution in [0.15, 0.2) is 91.1 Å². The molecule has 3 aromatic carbocycles. The van der Waals surface area contributed by atoms with Gasteiger partial charge in [0.1, 0.15) is 5.69 Å². The van der Waals surface area contributed by atoms with E-state index in [0.717, 1.165) is 11.1 Å². The Morgan fingerprint density at radius 3 is 2.04 bits per heavy atom. The van der Waals surface area contributed by atoms with Crippen molar-refractivity contribution >= 4 is 40.3 Å². The van der Waals surface area contributed by atoms with Gasteiger partial charge in [-0.15, -0.1) is 0 Å². The number of hydrogen-bond acceptors (Lipinski definition) is 7. The number of carbonyl (C=O) groups is 5. The average molecular weight is 608 g/mol. The highest BCUT2D eigenvalue weighted by atomic mass is 16.2. The van der Waals surface area contributed by atoms with Crippen molar-refractivity contribution in [3.05, 3.63) is 108 Å². The second kappa shape index (κ2) is 16.0. The Balaban J connectivity index is 1.53. The van der Waals surface area contributed by atoms with Gasteiger partial charge in [-0.2, -0.15) is 0 Å². The van der Waals surface area contributed by atoms with Crippen molar-refractivity contribution in [2.45, 2.75) is 58.2 Å². The van der Waals surface area contributed by atoms with Crippen molar-refractivity contribution in [3.63, 3.8) is 0 Å². The van der Waals surface area contributed by atoms with Crippen LogP contribution in [-0.2, 0) is 32.1 Å². The SMILES string of the molecule is CC(C)NC(=O)CC[C@H](NC(=O)[C@@H](CC(=O)c1cnc2ccccc2n1)Cc1ccccc1)C(=O)C(=O)NCc1ccccc1. The average Bonchev–Trinajstić information content (AvgIpc) is 3.05. The Kier molecular flexibility index (Phi) is 11.6. The predicted molar refractivity (Wildman–Crippen MR) is 170 cm³/mol. The number of rotatable bonds is 15. The topological polar surface area (TPSA) is 147 Å². The molecule has 0 saturated carbocycles. The highest BCUT2D eigenvalue weighted by Crippen LogP contribution is 2.18. The van der Waals surface area contributed by atoms with Gasteiger partial charge in [-0.05, 0) is 49.9 Å². The van der Waals surface area contributed by atoms with Crippen LogP contribution in [0.3, 0.4) is 0 Å². The molecule has 4 aromatic rings. The molecule has 4 rings (SSSR count). The van der Waals surface area contributed by atoms with E-state index < -0.39 is 29.6 Å². The number of fused-ring (bicyclic) bond motifs is 1. The van der Waals surface area contributed by atoms with Crippen molar-refractivity contribution < 1.29 is 24.0 Å². The molecule has 0 aliphatic rings. The van der Waals surface area contributed by atoms with Gasteiger partial charge in [0.25, 0.3) is 5.91 Å². The standard InChI is InChI=1S/C35H37N5O5/c1-23(2)38-32(42)18-17-29(33(43)35(45)37-21-25-13-7-4-8-14-25)40-34(44)26(19-24-11-5-3-6-12-24)20-31(41)30-22-36-27-15-9-10-16-28(27)39-30/h3-16,22-23,26,29H,17-21H2,1-2H3,(H,37,45)(H,38,42)(H,40,44)/t26-,29+/m1/s1. The van der Waals surface area contributed by atoms with Crippen molar-refractivity contribution in [2.24, 2.45) is 5.92 Å². The molecule has 0 radical (unpaired) electrons. The van der Waals surface area contributed by atoms with Gasteiger partial charge in [0.15, 0.2) is 5.78 Å². The molecule has 232 valence electrons. The summed E-state index contributed by atoms with van der Waals surface area (Å²) in [4.78, 5) is 74.6. The number of nitrogens with one attached hydrogen (secondary N) is 3. The molecule has 0 bridgehead atoms. The van der Waals surface area contributed by atoms with Crippen LogP contribution in [0.2, 0.25) is 0 Å². The van der Waals surface area contributed by atoms with E-state index in [2.05, 4.69) is 25.9 Å². The Morgan fingerprint density at radius 1 is 0.756 bits per heavy atom. The lowest BCUT2D eigenvalue weighted by molar-refractivity contribution is -0.141. The van der Waals surface area contributed by atoms with Crippen LogP contribution in [0.1, 0.15) is 54.7 Å². The summed E-state index contributed by atoms with van der Waals surface area (Å²) in [6, 6.07) is 24.1. The zero-order valence-corrected chi connectivity index (χ0v) is 25.4. The number of para-hydroxylation sites is 2. The fourth-order valence-electron chi connectivity index (χ4n) is 4.83. The lowest BCUT2D eigenvalue weighted by atomic mass is 9.91. The number of carbonyl (C=O) groups excluding carboxylic acids is 5. The molecule has 10 nitrogen and oxygen atoms in total. The third kappa shape index (κ3) is 9.89. The Hall–Kier alpha value is -5.25. The first-order chi connectivity index (χ1) is 21.7. The molecule has 1 aromatic heterocycles. The number of ketones is 2. The van der Waals surface area contributed by atoms with E-state index in [0.29, 0.717) is 11.0 Å². The fourth-order valence-corrected chi connectivity index (χ4v) is 4.83. The second-order valence-electron chi connectivity index (χ2n) is 11.1. The zero-order valence-electron chi connectivity index (χ0n) is 25.4. The molecule has 10 heteroatoms. The number of aromatic nitrogens is 2. The van der Waals surface area contributed by atoms with E-state index in [9.17, 15) is 24.0 Å². The molecule has 0 unspecified atom stereocenters. The number of hydrogen-bond donors (Lipinski definition) is 3. The first kappa shape index (κ1) is 32.7. The Morgan fingerprint density at radius 2 is 1.38 bits per heavy atom. The molecule has 3 amide bonds. The molecule has 45 heavy (non-hydrogen) atoms. The fraction of sp³-hybridized carbons (Fsp3) is 0.286. The van der Waals surface area contributed by atoms with Crippen LogP contribution in [0.4, 0.5) is 0 Å². The van der Waals surface area contributed by atoms with E-state index in [1.54, 1.807) is 18.2 Å². The van der Waals surface area contributed by atoms with Crippen molar-refractivity contribution in [1.82, 2.24) is 25.9 Å². The van der Waals surface area contributed by atoms with E-state index in [-0.39, 0.29) is 55.7 Å². The summed E-state index contributed by atoms with van der Waals surface area (Å²) in [6.45, 7) is 3.74. The summed E-state index contributed by atoms with van der Waals surface area (Å²) in [7, 11) is 0. The van der Waals surface area contributed by atoms with Crippen molar-refractivity contribution in [1.29, 1.82) is 0 Å². The van der Waals surface area contributed by atoms with E-state index in [1.807, 2.05) is 80.6 Å². The molecule has 0 spiro atoms. The van der Waals surface area contributed by atoms with Gasteiger partial charge in [-0.1, -0.05) is 72.8 Å². The maximum Gasteiger partial charge on any atom is 0.289 e. The van der Waals surface area contributed by atoms with Crippen molar-refractivity contribution in [3.8, 4) is 0 Å². The Bertz CT molecular complexity index is 1640. The van der Waals surface area contributed by atoms with Crippen LogP contribution in [0, 0.1) is 5.92 Å². The van der Waals surface area contributed by atoms with E-state index in [1.165, 1.54) is 6.20 Å². The lowest BCUT2D eigenvalue weighted by Crippen LogP contribution is -2.50. The first-order valence-electron chi connectivity index (χ1n) is 14.9. The van der Waals surface area contributed by atoms with Gasteiger partial charge in [0.2, 0.25) is 17.6 Å². The molecule has 2 atom stereocenters. The molecule has 0 aliphatic heterocycles. The first-order valence-corrected chi connectivity index (χ1v) is 14.9. The molecule has 0 aliphatic carbocycles. The van der Waals surface area contributed by atoms with Gasteiger partial charge in [0.05, 0.1) is 23.3 Å². The number of Topliss-reactive ketones (excluding diaryl/α,β-unsaturated/α-hetero) is 2. The van der Waals surface area contributed by atoms with Crippen LogP contribution in [-0.4, -0.2) is 51.3 Å². The molecular formula is C35H37N5O5. The zero-order chi connectivity index (χ0) is 32.2. The minimum atomic E-state index is -1.28. The Labute approximate surface area is 262 Å². The summed E-state index contributed by atoms with van der Waals surface area (Å²) in [6.07, 6.45) is 1.20. The summed E-state index contributed by atoms with van der Waals surface area (Å²) in [5.74, 6) is -3.92. The third-order valence-electron chi connectivity index (χ3n) is 7.12. The number of benzene rings is 3. The van der Waals surface area contributed by atoms with Gasteiger partial charge in [0, 0.05) is 31.3 Å².